The van der Waals surface area contributed by atoms with Crippen LogP contribution in [0.2, 0.25) is 0 Å². The van der Waals surface area contributed by atoms with Crippen LogP contribution < -0.4 is 0 Å². The Kier molecular flexibility index (Phi) is 19.7. The maximum absolute atomic E-state index is 9.04. The van der Waals surface area contributed by atoms with E-state index in [4.69, 9.17) is 32.5 Å². The van der Waals surface area contributed by atoms with Crippen LogP contribution in [0.25, 0.3) is 0 Å². The quantitative estimate of drug-likeness (QED) is 0.278. The Balaban J connectivity index is 0. The monoisotopic (exact) mass is 358 g/mol. The summed E-state index contributed by atoms with van der Waals surface area (Å²) in [5.74, 6) is 0. The minimum atomic E-state index is -4.67. The first kappa shape index (κ1) is 25.0. The Labute approximate surface area is 140 Å². The van der Waals surface area contributed by atoms with Gasteiger partial charge < -0.3 is 14.9 Å². The van der Waals surface area contributed by atoms with Crippen molar-refractivity contribution in [2.75, 3.05) is 19.8 Å². The van der Waals surface area contributed by atoms with Gasteiger partial charge in [-0.2, -0.15) is 8.42 Å². The first-order valence-corrected chi connectivity index (χ1v) is 9.77. The fraction of sp³-hybridized carbons (Fsp3) is 1.00. The van der Waals surface area contributed by atoms with E-state index in [1.807, 2.05) is 0 Å². The zero-order chi connectivity index (χ0) is 18.0. The van der Waals surface area contributed by atoms with Gasteiger partial charge in [-0.3, -0.25) is 9.11 Å². The summed E-state index contributed by atoms with van der Waals surface area (Å²) in [6.45, 7) is 3.00. The second kappa shape index (κ2) is 18.1. The van der Waals surface area contributed by atoms with Crippen molar-refractivity contribution in [3.63, 3.8) is 0 Å². The summed E-state index contributed by atoms with van der Waals surface area (Å²) >= 11 is 0. The third-order valence-electron chi connectivity index (χ3n) is 3.16. The first-order chi connectivity index (χ1) is 10.8. The van der Waals surface area contributed by atoms with Gasteiger partial charge in [0, 0.05) is 6.61 Å². The second-order valence-electron chi connectivity index (χ2n) is 5.54. The molecule has 0 saturated carbocycles. The van der Waals surface area contributed by atoms with Gasteiger partial charge in [0.2, 0.25) is 0 Å². The molecule has 0 saturated heterocycles. The SMILES string of the molecule is CCCCCCCCCCCCOCC(O)CO.O=S(=O)(O)O. The van der Waals surface area contributed by atoms with Crippen molar-refractivity contribution in [3.05, 3.63) is 0 Å². The molecule has 0 aliphatic carbocycles. The lowest BCUT2D eigenvalue weighted by Crippen LogP contribution is -2.19. The Morgan fingerprint density at radius 1 is 0.870 bits per heavy atom. The van der Waals surface area contributed by atoms with Crippen molar-refractivity contribution in [2.24, 2.45) is 0 Å². The van der Waals surface area contributed by atoms with Crippen LogP contribution in [0, 0.1) is 0 Å². The van der Waals surface area contributed by atoms with Gasteiger partial charge in [0.15, 0.2) is 0 Å². The zero-order valence-electron chi connectivity index (χ0n) is 14.2. The molecule has 0 aromatic rings. The number of hydrogen-bond donors (Lipinski definition) is 4. The van der Waals surface area contributed by atoms with Crippen LogP contribution in [0.5, 0.6) is 0 Å². The van der Waals surface area contributed by atoms with Crippen LogP contribution in [-0.4, -0.2) is 53.7 Å². The summed E-state index contributed by atoms with van der Waals surface area (Å²) in [5.41, 5.74) is 0. The summed E-state index contributed by atoms with van der Waals surface area (Å²) in [7, 11) is -4.67. The minimum absolute atomic E-state index is 0.210. The van der Waals surface area contributed by atoms with Crippen molar-refractivity contribution in [1.29, 1.82) is 0 Å². The minimum Gasteiger partial charge on any atom is -0.394 e. The van der Waals surface area contributed by atoms with Crippen molar-refractivity contribution >= 4 is 10.4 Å². The van der Waals surface area contributed by atoms with Crippen LogP contribution in [0.3, 0.4) is 0 Å². The third-order valence-corrected chi connectivity index (χ3v) is 3.16. The van der Waals surface area contributed by atoms with E-state index < -0.39 is 16.5 Å². The predicted octanol–water partition coefficient (Wildman–Crippen LogP) is 2.62. The van der Waals surface area contributed by atoms with Gasteiger partial charge in [0.25, 0.3) is 0 Å². The van der Waals surface area contributed by atoms with E-state index in [2.05, 4.69) is 6.92 Å². The van der Waals surface area contributed by atoms with E-state index >= 15 is 0 Å². The van der Waals surface area contributed by atoms with Crippen LogP contribution >= 0.6 is 0 Å². The molecule has 23 heavy (non-hydrogen) atoms. The lowest BCUT2D eigenvalue weighted by atomic mass is 10.1. The average Bonchev–Trinajstić information content (AvgIpc) is 2.46. The van der Waals surface area contributed by atoms with E-state index in [9.17, 15) is 0 Å². The molecular weight excluding hydrogens is 324 g/mol. The molecule has 0 spiro atoms. The molecule has 1 atom stereocenters. The molecule has 0 rings (SSSR count). The second-order valence-corrected chi connectivity index (χ2v) is 6.44. The van der Waals surface area contributed by atoms with Gasteiger partial charge >= 0.3 is 10.4 Å². The highest BCUT2D eigenvalue weighted by molar-refractivity contribution is 7.79. The highest BCUT2D eigenvalue weighted by Gasteiger charge is 2.00. The number of aliphatic hydroxyl groups is 2. The molecule has 142 valence electrons. The summed E-state index contributed by atoms with van der Waals surface area (Å²) in [4.78, 5) is 0. The molecule has 0 aromatic heterocycles. The maximum Gasteiger partial charge on any atom is 0.394 e. The highest BCUT2D eigenvalue weighted by Crippen LogP contribution is 2.10. The number of unbranched alkanes of at least 4 members (excludes halogenated alkanes) is 9. The standard InChI is InChI=1S/C15H32O3.H2O4S/c1-2-3-4-5-6-7-8-9-10-11-12-18-14-15(17)13-16;1-5(2,3)4/h15-17H,2-14H2,1H3;(H2,1,2,3,4). The average molecular weight is 358 g/mol. The Morgan fingerprint density at radius 2 is 1.26 bits per heavy atom. The van der Waals surface area contributed by atoms with Gasteiger partial charge in [-0.1, -0.05) is 64.7 Å². The number of aliphatic hydroxyl groups excluding tert-OH is 2. The molecule has 0 heterocycles. The topological polar surface area (TPSA) is 124 Å². The van der Waals surface area contributed by atoms with Gasteiger partial charge in [-0.25, -0.2) is 0 Å². The molecule has 0 radical (unpaired) electrons. The van der Waals surface area contributed by atoms with Gasteiger partial charge in [-0.15, -0.1) is 0 Å². The molecule has 4 N–H and O–H groups in total. The number of rotatable bonds is 14. The Bertz CT molecular complexity index is 312. The van der Waals surface area contributed by atoms with E-state index in [-0.39, 0.29) is 13.2 Å². The van der Waals surface area contributed by atoms with Crippen LogP contribution in [0.4, 0.5) is 0 Å². The lowest BCUT2D eigenvalue weighted by Gasteiger charge is -2.07. The normalized spacial score (nSPS) is 12.6. The van der Waals surface area contributed by atoms with Gasteiger partial charge in [0.1, 0.15) is 6.10 Å². The molecular formula is C15H34O7S. The Hall–Kier alpha value is -0.250. The van der Waals surface area contributed by atoms with Crippen LogP contribution in [0.15, 0.2) is 0 Å². The highest BCUT2D eigenvalue weighted by atomic mass is 32.3. The van der Waals surface area contributed by atoms with Crippen LogP contribution in [-0.2, 0) is 15.1 Å². The van der Waals surface area contributed by atoms with Crippen molar-refractivity contribution < 1.29 is 32.5 Å². The maximum atomic E-state index is 9.04. The largest absolute Gasteiger partial charge is 0.394 e. The van der Waals surface area contributed by atoms with Gasteiger partial charge in [0.05, 0.1) is 13.2 Å². The van der Waals surface area contributed by atoms with E-state index in [1.165, 1.54) is 57.8 Å². The number of ether oxygens (including phenoxy) is 1. The zero-order valence-corrected chi connectivity index (χ0v) is 15.0. The molecule has 7 nitrogen and oxygen atoms in total. The third kappa shape index (κ3) is 34.2. The summed E-state index contributed by atoms with van der Waals surface area (Å²) in [6.07, 6.45) is 12.5. The number of hydrogen-bond acceptors (Lipinski definition) is 5. The molecule has 0 aliphatic rings. The van der Waals surface area contributed by atoms with E-state index in [0.717, 1.165) is 6.42 Å². The van der Waals surface area contributed by atoms with Crippen molar-refractivity contribution in [3.8, 4) is 0 Å². The van der Waals surface area contributed by atoms with Gasteiger partial charge in [-0.05, 0) is 6.42 Å². The fourth-order valence-electron chi connectivity index (χ4n) is 1.96. The molecule has 1 unspecified atom stereocenters. The molecule has 0 aliphatic heterocycles. The summed E-state index contributed by atoms with van der Waals surface area (Å²) in [6, 6.07) is 0. The van der Waals surface area contributed by atoms with Crippen LogP contribution in [0.1, 0.15) is 71.1 Å². The smallest absolute Gasteiger partial charge is 0.394 e. The fourth-order valence-corrected chi connectivity index (χ4v) is 1.96. The molecule has 0 aromatic carbocycles. The summed E-state index contributed by atoms with van der Waals surface area (Å²) < 4.78 is 36.8. The van der Waals surface area contributed by atoms with Crippen molar-refractivity contribution in [1.82, 2.24) is 0 Å². The van der Waals surface area contributed by atoms with Crippen molar-refractivity contribution in [2.45, 2.75) is 77.2 Å². The predicted molar refractivity (Wildman–Crippen MR) is 89.9 cm³/mol. The van der Waals surface area contributed by atoms with E-state index in [1.54, 1.807) is 0 Å². The first-order valence-electron chi connectivity index (χ1n) is 8.37. The Morgan fingerprint density at radius 3 is 1.65 bits per heavy atom. The molecule has 0 amide bonds. The molecule has 0 fully saturated rings. The van der Waals surface area contributed by atoms with E-state index in [0.29, 0.717) is 6.61 Å². The summed E-state index contributed by atoms with van der Waals surface area (Å²) in [5, 5.41) is 17.6. The molecule has 8 heteroatoms. The lowest BCUT2D eigenvalue weighted by molar-refractivity contribution is 0.00526. The molecule has 0 bridgehead atoms.